The lowest BCUT2D eigenvalue weighted by atomic mass is 10.1. The summed E-state index contributed by atoms with van der Waals surface area (Å²) in [5.41, 5.74) is 8.18. The summed E-state index contributed by atoms with van der Waals surface area (Å²) < 4.78 is 7.24. The van der Waals surface area contributed by atoms with Crippen molar-refractivity contribution in [1.29, 1.82) is 0 Å². The maximum Gasteiger partial charge on any atom is 0.180 e. The summed E-state index contributed by atoms with van der Waals surface area (Å²) in [5.74, 6) is 0.776. The van der Waals surface area contributed by atoms with Crippen LogP contribution in [-0.4, -0.2) is 9.78 Å². The first-order valence-electron chi connectivity index (χ1n) is 5.24. The normalized spacial score (nSPS) is 10.5. The molecule has 2 rings (SSSR count). The van der Waals surface area contributed by atoms with Gasteiger partial charge in [0.05, 0.1) is 18.1 Å². The van der Waals surface area contributed by atoms with Crippen LogP contribution in [0.2, 0.25) is 5.02 Å². The van der Waals surface area contributed by atoms with Crippen LogP contribution in [0.1, 0.15) is 11.1 Å². The third-order valence-corrected chi connectivity index (χ3v) is 3.02. The van der Waals surface area contributed by atoms with E-state index in [1.54, 1.807) is 17.1 Å². The van der Waals surface area contributed by atoms with E-state index in [9.17, 15) is 0 Å². The first kappa shape index (κ1) is 11.8. The predicted molar refractivity (Wildman–Crippen MR) is 68.2 cm³/mol. The Labute approximate surface area is 105 Å². The molecule has 5 heteroatoms. The molecule has 1 aromatic heterocycles. The highest BCUT2D eigenvalue weighted by Crippen LogP contribution is 2.25. The fourth-order valence-electron chi connectivity index (χ4n) is 1.58. The Morgan fingerprint density at radius 1 is 1.35 bits per heavy atom. The van der Waals surface area contributed by atoms with Crippen molar-refractivity contribution in [3.05, 3.63) is 40.7 Å². The van der Waals surface area contributed by atoms with Crippen molar-refractivity contribution >= 4 is 17.3 Å². The largest absolute Gasteiger partial charge is 0.471 e. The van der Waals surface area contributed by atoms with Gasteiger partial charge in [0.1, 0.15) is 5.75 Å². The van der Waals surface area contributed by atoms with E-state index in [1.165, 1.54) is 0 Å². The first-order valence-corrected chi connectivity index (χ1v) is 5.61. The number of nitrogens with two attached hydrogens (primary N) is 1. The van der Waals surface area contributed by atoms with Crippen LogP contribution in [0.3, 0.4) is 0 Å². The zero-order valence-electron chi connectivity index (χ0n) is 9.77. The van der Waals surface area contributed by atoms with Gasteiger partial charge in [-0.1, -0.05) is 11.6 Å². The molecule has 2 aromatic rings. The predicted octanol–water partition coefficient (Wildman–Crippen LogP) is 2.77. The van der Waals surface area contributed by atoms with E-state index in [0.29, 0.717) is 12.4 Å². The minimum atomic E-state index is 0.331. The molecule has 0 unspecified atom stereocenters. The van der Waals surface area contributed by atoms with E-state index in [-0.39, 0.29) is 0 Å². The van der Waals surface area contributed by atoms with Gasteiger partial charge in [-0.25, -0.2) is 4.68 Å². The molecule has 0 saturated carbocycles. The number of anilines is 1. The monoisotopic (exact) mass is 251 g/mol. The molecule has 0 fully saturated rings. The van der Waals surface area contributed by atoms with E-state index in [1.807, 2.05) is 26.0 Å². The second kappa shape index (κ2) is 4.67. The van der Waals surface area contributed by atoms with Gasteiger partial charge in [0.2, 0.25) is 0 Å². The SMILES string of the molecule is Cc1cc(OCn2cc(N)cn2)cc(C)c1Cl. The van der Waals surface area contributed by atoms with Gasteiger partial charge in [0, 0.05) is 5.02 Å². The average Bonchev–Trinajstić information content (AvgIpc) is 2.69. The Morgan fingerprint density at radius 2 is 2.00 bits per heavy atom. The molecule has 0 aliphatic heterocycles. The van der Waals surface area contributed by atoms with Gasteiger partial charge in [-0.15, -0.1) is 0 Å². The molecule has 0 bridgehead atoms. The highest BCUT2D eigenvalue weighted by Gasteiger charge is 2.04. The molecule has 90 valence electrons. The maximum absolute atomic E-state index is 6.08. The van der Waals surface area contributed by atoms with E-state index >= 15 is 0 Å². The van der Waals surface area contributed by atoms with Crippen LogP contribution in [0.5, 0.6) is 5.75 Å². The first-order chi connectivity index (χ1) is 8.06. The number of hydrogen-bond acceptors (Lipinski definition) is 3. The number of halogens is 1. The van der Waals surface area contributed by atoms with Gasteiger partial charge in [-0.2, -0.15) is 5.10 Å². The Morgan fingerprint density at radius 3 is 2.53 bits per heavy atom. The van der Waals surface area contributed by atoms with Crippen LogP contribution in [0, 0.1) is 13.8 Å². The topological polar surface area (TPSA) is 53.1 Å². The third kappa shape index (κ3) is 2.71. The molecule has 0 aliphatic rings. The fourth-order valence-corrected chi connectivity index (χ4v) is 1.69. The van der Waals surface area contributed by atoms with Crippen molar-refractivity contribution in [3.8, 4) is 5.75 Å². The zero-order valence-corrected chi connectivity index (χ0v) is 10.5. The smallest absolute Gasteiger partial charge is 0.180 e. The molecule has 0 radical (unpaired) electrons. The number of aryl methyl sites for hydroxylation is 2. The maximum atomic E-state index is 6.08. The van der Waals surface area contributed by atoms with Crippen LogP contribution in [0.25, 0.3) is 0 Å². The highest BCUT2D eigenvalue weighted by atomic mass is 35.5. The Bertz CT molecular complexity index is 513. The Hall–Kier alpha value is -1.68. The van der Waals surface area contributed by atoms with Crippen molar-refractivity contribution in [1.82, 2.24) is 9.78 Å². The Balaban J connectivity index is 2.09. The van der Waals surface area contributed by atoms with Crippen molar-refractivity contribution in [2.75, 3.05) is 5.73 Å². The molecular weight excluding hydrogens is 238 g/mol. The minimum Gasteiger partial charge on any atom is -0.471 e. The van der Waals surface area contributed by atoms with Gasteiger partial charge in [-0.05, 0) is 37.1 Å². The number of nitrogens with zero attached hydrogens (tertiary/aromatic N) is 2. The standard InChI is InChI=1S/C12H14ClN3O/c1-8-3-11(4-9(2)12(8)13)17-7-16-6-10(14)5-15-16/h3-6H,7,14H2,1-2H3. The van der Waals surface area contributed by atoms with Crippen LogP contribution in [-0.2, 0) is 6.73 Å². The van der Waals surface area contributed by atoms with Crippen LogP contribution < -0.4 is 10.5 Å². The van der Waals surface area contributed by atoms with Crippen molar-refractivity contribution in [2.45, 2.75) is 20.6 Å². The molecule has 17 heavy (non-hydrogen) atoms. The third-order valence-electron chi connectivity index (χ3n) is 2.43. The molecule has 4 nitrogen and oxygen atoms in total. The number of aromatic nitrogens is 2. The van der Waals surface area contributed by atoms with E-state index < -0.39 is 0 Å². The van der Waals surface area contributed by atoms with Gasteiger partial charge >= 0.3 is 0 Å². The van der Waals surface area contributed by atoms with Crippen molar-refractivity contribution < 1.29 is 4.74 Å². The lowest BCUT2D eigenvalue weighted by molar-refractivity contribution is 0.221. The molecule has 0 atom stereocenters. The fraction of sp³-hybridized carbons (Fsp3) is 0.250. The van der Waals surface area contributed by atoms with Gasteiger partial charge < -0.3 is 10.5 Å². The van der Waals surface area contributed by atoms with Crippen LogP contribution in [0.4, 0.5) is 5.69 Å². The number of rotatable bonds is 3. The summed E-state index contributed by atoms with van der Waals surface area (Å²) in [4.78, 5) is 0. The molecule has 0 amide bonds. The summed E-state index contributed by atoms with van der Waals surface area (Å²) in [5, 5.41) is 4.81. The van der Waals surface area contributed by atoms with Crippen molar-refractivity contribution in [2.24, 2.45) is 0 Å². The van der Waals surface area contributed by atoms with Gasteiger partial charge in [0.15, 0.2) is 6.73 Å². The second-order valence-corrected chi connectivity index (χ2v) is 4.34. The van der Waals surface area contributed by atoms with E-state index in [4.69, 9.17) is 22.1 Å². The van der Waals surface area contributed by atoms with Crippen LogP contribution in [0.15, 0.2) is 24.5 Å². The lowest BCUT2D eigenvalue weighted by Crippen LogP contribution is -2.05. The highest BCUT2D eigenvalue weighted by molar-refractivity contribution is 6.32. The molecule has 0 spiro atoms. The molecule has 0 aliphatic carbocycles. The number of benzene rings is 1. The summed E-state index contributed by atoms with van der Waals surface area (Å²) in [7, 11) is 0. The molecule has 0 saturated heterocycles. The zero-order chi connectivity index (χ0) is 12.4. The molecule has 1 aromatic carbocycles. The number of nitrogen functional groups attached to an aromatic ring is 1. The summed E-state index contributed by atoms with van der Waals surface area (Å²) in [6.07, 6.45) is 3.30. The van der Waals surface area contributed by atoms with Gasteiger partial charge in [0.25, 0.3) is 0 Å². The van der Waals surface area contributed by atoms with Gasteiger partial charge in [-0.3, -0.25) is 0 Å². The van der Waals surface area contributed by atoms with Crippen LogP contribution >= 0.6 is 11.6 Å². The summed E-state index contributed by atoms with van der Waals surface area (Å²) >= 11 is 6.08. The quantitative estimate of drug-likeness (QED) is 0.913. The molecule has 1 heterocycles. The van der Waals surface area contributed by atoms with E-state index in [0.717, 1.165) is 21.9 Å². The number of ether oxygens (including phenoxy) is 1. The molecule has 2 N–H and O–H groups in total. The summed E-state index contributed by atoms with van der Waals surface area (Å²) in [6, 6.07) is 3.81. The second-order valence-electron chi connectivity index (χ2n) is 3.96. The lowest BCUT2D eigenvalue weighted by Gasteiger charge is -2.09. The number of hydrogen-bond donors (Lipinski definition) is 1. The Kier molecular flexibility index (Phi) is 3.24. The van der Waals surface area contributed by atoms with E-state index in [2.05, 4.69) is 5.10 Å². The average molecular weight is 252 g/mol. The summed E-state index contributed by atoms with van der Waals surface area (Å²) in [6.45, 7) is 4.24. The van der Waals surface area contributed by atoms with Crippen molar-refractivity contribution in [3.63, 3.8) is 0 Å². The molecular formula is C12H14ClN3O. The minimum absolute atomic E-state index is 0.331.